The van der Waals surface area contributed by atoms with Gasteiger partial charge in [-0.2, -0.15) is 0 Å². The van der Waals surface area contributed by atoms with Crippen LogP contribution >= 0.6 is 23.2 Å². The van der Waals surface area contributed by atoms with E-state index in [1.807, 2.05) is 0 Å². The Bertz CT molecular complexity index is 729. The summed E-state index contributed by atoms with van der Waals surface area (Å²) >= 11 is 12.0. The number of carbonyl (C=O) groups excluding carboxylic acids is 2. The molecule has 0 aromatic heterocycles. The third kappa shape index (κ3) is 4.47. The number of ether oxygens (including phenoxy) is 1. The lowest BCUT2D eigenvalue weighted by Crippen LogP contribution is -2.24. The normalized spacial score (nSPS) is 11.7. The fourth-order valence-corrected chi connectivity index (χ4v) is 2.31. The summed E-state index contributed by atoms with van der Waals surface area (Å²) in [6, 6.07) is 11.6. The fraction of sp³-hybridized carbons (Fsp3) is 0.176. The molecule has 0 bridgehead atoms. The highest BCUT2D eigenvalue weighted by atomic mass is 35.5. The zero-order chi connectivity index (χ0) is 17.0. The van der Waals surface area contributed by atoms with Gasteiger partial charge in [-0.1, -0.05) is 29.3 Å². The number of amides is 1. The number of nitrogens with one attached hydrogen (secondary N) is 1. The van der Waals surface area contributed by atoms with E-state index in [9.17, 15) is 9.59 Å². The number of rotatable bonds is 5. The minimum atomic E-state index is -0.724. The molecule has 0 saturated carbocycles. The summed E-state index contributed by atoms with van der Waals surface area (Å²) in [5.41, 5.74) is 1.10. The van der Waals surface area contributed by atoms with Gasteiger partial charge in [-0.05, 0) is 43.3 Å². The molecule has 2 aromatic rings. The van der Waals surface area contributed by atoms with Crippen LogP contribution in [0.1, 0.15) is 24.2 Å². The third-order valence-corrected chi connectivity index (χ3v) is 3.88. The van der Waals surface area contributed by atoms with Crippen molar-refractivity contribution in [1.29, 1.82) is 0 Å². The Labute approximate surface area is 144 Å². The first-order valence-electron chi connectivity index (χ1n) is 6.91. The molecule has 23 heavy (non-hydrogen) atoms. The average molecular weight is 352 g/mol. The molecule has 120 valence electrons. The van der Waals surface area contributed by atoms with Crippen LogP contribution in [0.3, 0.4) is 0 Å². The van der Waals surface area contributed by atoms with Gasteiger partial charge in [-0.25, -0.2) is 0 Å². The second-order valence-electron chi connectivity index (χ2n) is 4.93. The Balaban J connectivity index is 2.10. The van der Waals surface area contributed by atoms with Crippen molar-refractivity contribution < 1.29 is 14.3 Å². The summed E-state index contributed by atoms with van der Waals surface area (Å²) in [6.07, 6.45) is -0.724. The van der Waals surface area contributed by atoms with Crippen LogP contribution in [0.15, 0.2) is 42.5 Å². The molecule has 6 heteroatoms. The minimum absolute atomic E-state index is 0.170. The van der Waals surface area contributed by atoms with Crippen molar-refractivity contribution >= 4 is 40.6 Å². The van der Waals surface area contributed by atoms with E-state index >= 15 is 0 Å². The number of anilines is 1. The number of carbonyl (C=O) groups is 2. The lowest BCUT2D eigenvalue weighted by atomic mass is 10.1. The summed E-state index contributed by atoms with van der Waals surface area (Å²) in [5.74, 6) is -0.0123. The second-order valence-corrected chi connectivity index (χ2v) is 5.72. The third-order valence-electron chi connectivity index (χ3n) is 3.08. The molecule has 0 saturated heterocycles. The number of halogens is 2. The maximum atomic E-state index is 12.4. The smallest absolute Gasteiger partial charge is 0.221 e. The van der Waals surface area contributed by atoms with Crippen molar-refractivity contribution in [2.24, 2.45) is 0 Å². The first-order chi connectivity index (χ1) is 10.9. The standard InChI is InChI=1S/C17H15Cl2NO3/c1-10(23-15-5-3-4-14(18)16(15)19)17(22)12-6-8-13(9-7-12)20-11(2)21/h3-10H,1-2H3,(H,20,21)/t10-/m0/s1. The summed E-state index contributed by atoms with van der Waals surface area (Å²) < 4.78 is 5.60. The molecule has 0 fully saturated rings. The van der Waals surface area contributed by atoms with Crippen LogP contribution in [0.5, 0.6) is 5.75 Å². The quantitative estimate of drug-likeness (QED) is 0.800. The minimum Gasteiger partial charge on any atom is -0.481 e. The summed E-state index contributed by atoms with van der Waals surface area (Å²) in [4.78, 5) is 23.4. The molecule has 1 N–H and O–H groups in total. The van der Waals surface area contributed by atoms with Gasteiger partial charge >= 0.3 is 0 Å². The van der Waals surface area contributed by atoms with Crippen molar-refractivity contribution in [2.75, 3.05) is 5.32 Å². The molecule has 1 amide bonds. The van der Waals surface area contributed by atoms with E-state index in [2.05, 4.69) is 5.32 Å². The number of benzene rings is 2. The molecular weight excluding hydrogens is 337 g/mol. The van der Waals surface area contributed by atoms with Gasteiger partial charge < -0.3 is 10.1 Å². The van der Waals surface area contributed by atoms with E-state index in [-0.39, 0.29) is 16.7 Å². The van der Waals surface area contributed by atoms with Gasteiger partial charge in [0.15, 0.2) is 6.10 Å². The molecule has 0 radical (unpaired) electrons. The Hall–Kier alpha value is -2.04. The van der Waals surface area contributed by atoms with Crippen molar-refractivity contribution in [3.05, 3.63) is 58.1 Å². The SMILES string of the molecule is CC(=O)Nc1ccc(C(=O)[C@H](C)Oc2cccc(Cl)c2Cl)cc1. The molecular formula is C17H15Cl2NO3. The Morgan fingerprint density at radius 3 is 2.35 bits per heavy atom. The molecule has 0 aliphatic heterocycles. The molecule has 0 aliphatic carbocycles. The van der Waals surface area contributed by atoms with Crippen molar-refractivity contribution in [3.8, 4) is 5.75 Å². The first-order valence-corrected chi connectivity index (χ1v) is 7.66. The zero-order valence-electron chi connectivity index (χ0n) is 12.6. The predicted molar refractivity (Wildman–Crippen MR) is 91.6 cm³/mol. The van der Waals surface area contributed by atoms with E-state index in [1.165, 1.54) is 6.92 Å². The topological polar surface area (TPSA) is 55.4 Å². The molecule has 1 atom stereocenters. The van der Waals surface area contributed by atoms with Crippen LogP contribution in [-0.4, -0.2) is 17.8 Å². The summed E-state index contributed by atoms with van der Waals surface area (Å²) in [5, 5.41) is 3.28. The van der Waals surface area contributed by atoms with Gasteiger partial charge in [0, 0.05) is 18.2 Å². The number of ketones is 1. The molecule has 0 spiro atoms. The molecule has 0 heterocycles. The summed E-state index contributed by atoms with van der Waals surface area (Å²) in [6.45, 7) is 3.06. The van der Waals surface area contributed by atoms with E-state index in [4.69, 9.17) is 27.9 Å². The molecule has 2 rings (SSSR count). The maximum Gasteiger partial charge on any atom is 0.221 e. The molecule has 0 unspecified atom stereocenters. The van der Waals surface area contributed by atoms with E-state index in [0.717, 1.165) is 0 Å². The van der Waals surface area contributed by atoms with Gasteiger partial charge in [0.1, 0.15) is 10.8 Å². The number of hydrogen-bond acceptors (Lipinski definition) is 3. The van der Waals surface area contributed by atoms with Gasteiger partial charge in [-0.15, -0.1) is 0 Å². The molecule has 2 aromatic carbocycles. The Morgan fingerprint density at radius 2 is 1.74 bits per heavy atom. The Morgan fingerprint density at radius 1 is 1.09 bits per heavy atom. The fourth-order valence-electron chi connectivity index (χ4n) is 1.97. The number of hydrogen-bond donors (Lipinski definition) is 1. The first kappa shape index (κ1) is 17.3. The maximum absolute atomic E-state index is 12.4. The monoisotopic (exact) mass is 351 g/mol. The lowest BCUT2D eigenvalue weighted by molar-refractivity contribution is -0.114. The highest BCUT2D eigenvalue weighted by Gasteiger charge is 2.18. The van der Waals surface area contributed by atoms with Gasteiger partial charge in [0.25, 0.3) is 0 Å². The highest BCUT2D eigenvalue weighted by molar-refractivity contribution is 6.42. The van der Waals surface area contributed by atoms with Crippen molar-refractivity contribution in [2.45, 2.75) is 20.0 Å². The molecule has 0 aliphatic rings. The number of Topliss-reactive ketones (excluding diaryl/α,β-unsaturated/α-hetero) is 1. The largest absolute Gasteiger partial charge is 0.481 e. The van der Waals surface area contributed by atoms with Crippen molar-refractivity contribution in [3.63, 3.8) is 0 Å². The van der Waals surface area contributed by atoms with Crippen LogP contribution in [0.2, 0.25) is 10.0 Å². The van der Waals surface area contributed by atoms with Gasteiger partial charge in [0.05, 0.1) is 5.02 Å². The zero-order valence-corrected chi connectivity index (χ0v) is 14.1. The average Bonchev–Trinajstić information content (AvgIpc) is 2.51. The Kier molecular flexibility index (Phi) is 5.64. The van der Waals surface area contributed by atoms with Crippen LogP contribution in [0, 0.1) is 0 Å². The van der Waals surface area contributed by atoms with Crippen molar-refractivity contribution in [1.82, 2.24) is 0 Å². The lowest BCUT2D eigenvalue weighted by Gasteiger charge is -2.15. The second kappa shape index (κ2) is 7.49. The summed E-state index contributed by atoms with van der Waals surface area (Å²) in [7, 11) is 0. The van der Waals surface area contributed by atoms with Gasteiger partial charge in [0.2, 0.25) is 11.7 Å². The van der Waals surface area contributed by atoms with Gasteiger partial charge in [-0.3, -0.25) is 9.59 Å². The van der Waals surface area contributed by atoms with Crippen LogP contribution in [0.4, 0.5) is 5.69 Å². The van der Waals surface area contributed by atoms with E-state index < -0.39 is 6.10 Å². The molecule has 4 nitrogen and oxygen atoms in total. The van der Waals surface area contributed by atoms with Crippen LogP contribution in [-0.2, 0) is 4.79 Å². The highest BCUT2D eigenvalue weighted by Crippen LogP contribution is 2.32. The van der Waals surface area contributed by atoms with E-state index in [0.29, 0.717) is 22.0 Å². The van der Waals surface area contributed by atoms with Crippen LogP contribution in [0.25, 0.3) is 0 Å². The predicted octanol–water partition coefficient (Wildman–Crippen LogP) is 4.60. The van der Waals surface area contributed by atoms with E-state index in [1.54, 1.807) is 49.4 Å². The van der Waals surface area contributed by atoms with Crippen LogP contribution < -0.4 is 10.1 Å².